The van der Waals surface area contributed by atoms with Crippen molar-refractivity contribution in [3.63, 3.8) is 0 Å². The lowest BCUT2D eigenvalue weighted by Crippen LogP contribution is -2.40. The first kappa shape index (κ1) is 14.0. The van der Waals surface area contributed by atoms with Crippen LogP contribution in [0, 0.1) is 0 Å². The van der Waals surface area contributed by atoms with Crippen LogP contribution < -0.4 is 10.6 Å². The average Bonchev–Trinajstić information content (AvgIpc) is 2.53. The second-order valence-corrected chi connectivity index (χ2v) is 5.35. The van der Waals surface area contributed by atoms with Crippen molar-refractivity contribution in [1.29, 1.82) is 0 Å². The zero-order valence-corrected chi connectivity index (χ0v) is 11.8. The number of benzene rings is 1. The summed E-state index contributed by atoms with van der Waals surface area (Å²) in [4.78, 5) is 14.3. The molecule has 1 heterocycles. The van der Waals surface area contributed by atoms with Crippen LogP contribution in [0.15, 0.2) is 24.3 Å². The molecule has 2 rings (SSSR count). The number of aryl methyl sites for hydroxylation is 1. The van der Waals surface area contributed by atoms with E-state index in [1.807, 2.05) is 18.2 Å². The molecular formula is C15H23N3O. The highest BCUT2D eigenvalue weighted by Crippen LogP contribution is 2.21. The van der Waals surface area contributed by atoms with Gasteiger partial charge in [-0.2, -0.15) is 0 Å². The lowest BCUT2D eigenvalue weighted by molar-refractivity contribution is -0.118. The molecule has 4 heteroatoms. The zero-order valence-electron chi connectivity index (χ0n) is 11.8. The van der Waals surface area contributed by atoms with E-state index in [1.54, 1.807) is 0 Å². The van der Waals surface area contributed by atoms with Gasteiger partial charge in [-0.15, -0.1) is 0 Å². The van der Waals surface area contributed by atoms with Gasteiger partial charge < -0.3 is 15.5 Å². The van der Waals surface area contributed by atoms with Gasteiger partial charge in [0.05, 0.1) is 6.04 Å². The summed E-state index contributed by atoms with van der Waals surface area (Å²) in [6, 6.07) is 7.97. The fourth-order valence-electron chi connectivity index (χ4n) is 2.38. The first-order chi connectivity index (χ1) is 9.16. The average molecular weight is 261 g/mol. The van der Waals surface area contributed by atoms with Crippen molar-refractivity contribution in [2.24, 2.45) is 0 Å². The number of carbonyl (C=O) groups is 1. The minimum atomic E-state index is -0.0745. The van der Waals surface area contributed by atoms with Gasteiger partial charge in [0.2, 0.25) is 5.91 Å². The Labute approximate surface area is 115 Å². The molecule has 1 aromatic rings. The number of nitrogens with zero attached hydrogens (tertiary/aromatic N) is 1. The maximum Gasteiger partial charge on any atom is 0.241 e. The second-order valence-electron chi connectivity index (χ2n) is 5.35. The number of hydrogen-bond donors (Lipinski definition) is 2. The van der Waals surface area contributed by atoms with Gasteiger partial charge in [-0.25, -0.2) is 0 Å². The highest BCUT2D eigenvalue weighted by atomic mass is 16.2. The summed E-state index contributed by atoms with van der Waals surface area (Å²) in [5, 5.41) is 6.37. The molecule has 0 fully saturated rings. The maximum atomic E-state index is 12.1. The molecule has 0 aliphatic carbocycles. The molecule has 0 bridgehead atoms. The molecule has 1 aliphatic heterocycles. The fourth-order valence-corrected chi connectivity index (χ4v) is 2.38. The Morgan fingerprint density at radius 3 is 2.95 bits per heavy atom. The highest BCUT2D eigenvalue weighted by molar-refractivity contribution is 5.96. The summed E-state index contributed by atoms with van der Waals surface area (Å²) in [6.45, 7) is 1.92. The third-order valence-electron chi connectivity index (χ3n) is 3.47. The number of fused-ring (bicyclic) bond motifs is 1. The first-order valence-electron chi connectivity index (χ1n) is 6.93. The summed E-state index contributed by atoms with van der Waals surface area (Å²) in [7, 11) is 4.13. The number of nitrogens with one attached hydrogen (secondary N) is 2. The smallest absolute Gasteiger partial charge is 0.241 e. The zero-order chi connectivity index (χ0) is 13.7. The predicted octanol–water partition coefficient (Wildman–Crippen LogP) is 1.48. The summed E-state index contributed by atoms with van der Waals surface area (Å²) >= 11 is 0. The molecule has 0 radical (unpaired) electrons. The predicted molar refractivity (Wildman–Crippen MR) is 78.4 cm³/mol. The quantitative estimate of drug-likeness (QED) is 0.789. The van der Waals surface area contributed by atoms with E-state index in [4.69, 9.17) is 0 Å². The number of amides is 1. The van der Waals surface area contributed by atoms with Gasteiger partial charge >= 0.3 is 0 Å². The topological polar surface area (TPSA) is 44.4 Å². The van der Waals surface area contributed by atoms with Gasteiger partial charge in [0.25, 0.3) is 0 Å². The number of para-hydroxylation sites is 1. The van der Waals surface area contributed by atoms with Crippen molar-refractivity contribution < 1.29 is 4.79 Å². The first-order valence-corrected chi connectivity index (χ1v) is 6.93. The summed E-state index contributed by atoms with van der Waals surface area (Å²) in [5.41, 5.74) is 2.19. The standard InChI is InChI=1S/C15H23N3O/c1-18(2)11-5-10-16-14-9-8-12-6-3-4-7-13(12)17-15(14)19/h3-4,6-7,14,16H,5,8-11H2,1-2H3,(H,17,19). The minimum Gasteiger partial charge on any atom is -0.324 e. The molecule has 1 amide bonds. The van der Waals surface area contributed by atoms with Gasteiger partial charge in [0.15, 0.2) is 0 Å². The van der Waals surface area contributed by atoms with Crippen LogP contribution in [0.25, 0.3) is 0 Å². The molecule has 0 spiro atoms. The third kappa shape index (κ3) is 4.04. The molecule has 1 unspecified atom stereocenters. The Balaban J connectivity index is 1.86. The lowest BCUT2D eigenvalue weighted by atomic mass is 10.1. The SMILES string of the molecule is CN(C)CCCNC1CCc2ccccc2NC1=O. The van der Waals surface area contributed by atoms with E-state index in [9.17, 15) is 4.79 Å². The van der Waals surface area contributed by atoms with Crippen LogP contribution in [0.5, 0.6) is 0 Å². The summed E-state index contributed by atoms with van der Waals surface area (Å²) in [5.74, 6) is 0.0924. The van der Waals surface area contributed by atoms with Crippen molar-refractivity contribution in [2.45, 2.75) is 25.3 Å². The fraction of sp³-hybridized carbons (Fsp3) is 0.533. The van der Waals surface area contributed by atoms with Crippen LogP contribution >= 0.6 is 0 Å². The van der Waals surface area contributed by atoms with Crippen LogP contribution in [-0.4, -0.2) is 44.0 Å². The molecular weight excluding hydrogens is 238 g/mol. The van der Waals surface area contributed by atoms with Crippen LogP contribution in [0.3, 0.4) is 0 Å². The van der Waals surface area contributed by atoms with Crippen LogP contribution in [0.4, 0.5) is 5.69 Å². The number of rotatable bonds is 5. The second kappa shape index (κ2) is 6.68. The molecule has 4 nitrogen and oxygen atoms in total. The number of anilines is 1. The van der Waals surface area contributed by atoms with Crippen molar-refractivity contribution in [3.05, 3.63) is 29.8 Å². The monoisotopic (exact) mass is 261 g/mol. The normalized spacial score (nSPS) is 18.9. The molecule has 0 aromatic heterocycles. The molecule has 1 aromatic carbocycles. The Kier molecular flexibility index (Phi) is 4.93. The van der Waals surface area contributed by atoms with Crippen LogP contribution in [0.2, 0.25) is 0 Å². The molecule has 19 heavy (non-hydrogen) atoms. The molecule has 2 N–H and O–H groups in total. The number of carbonyl (C=O) groups excluding carboxylic acids is 1. The highest BCUT2D eigenvalue weighted by Gasteiger charge is 2.22. The van der Waals surface area contributed by atoms with Crippen LogP contribution in [-0.2, 0) is 11.2 Å². The van der Waals surface area contributed by atoms with Gasteiger partial charge in [-0.3, -0.25) is 4.79 Å². The van der Waals surface area contributed by atoms with Crippen molar-refractivity contribution in [1.82, 2.24) is 10.2 Å². The summed E-state index contributed by atoms with van der Waals surface area (Å²) < 4.78 is 0. The third-order valence-corrected chi connectivity index (χ3v) is 3.47. The van der Waals surface area contributed by atoms with Gasteiger partial charge in [-0.05, 0) is 58.1 Å². The molecule has 0 saturated carbocycles. The van der Waals surface area contributed by atoms with E-state index in [0.29, 0.717) is 0 Å². The number of hydrogen-bond acceptors (Lipinski definition) is 3. The van der Waals surface area contributed by atoms with Gasteiger partial charge in [0, 0.05) is 5.69 Å². The Bertz CT molecular complexity index is 431. The lowest BCUT2D eigenvalue weighted by Gasteiger charge is -2.16. The Morgan fingerprint density at radius 2 is 2.16 bits per heavy atom. The Morgan fingerprint density at radius 1 is 1.37 bits per heavy atom. The largest absolute Gasteiger partial charge is 0.324 e. The molecule has 104 valence electrons. The van der Waals surface area contributed by atoms with Crippen molar-refractivity contribution >= 4 is 11.6 Å². The van der Waals surface area contributed by atoms with E-state index in [-0.39, 0.29) is 11.9 Å². The Hall–Kier alpha value is -1.39. The van der Waals surface area contributed by atoms with E-state index >= 15 is 0 Å². The molecule has 1 atom stereocenters. The van der Waals surface area contributed by atoms with E-state index in [1.165, 1.54) is 5.56 Å². The van der Waals surface area contributed by atoms with Gasteiger partial charge in [0.1, 0.15) is 0 Å². The van der Waals surface area contributed by atoms with Crippen molar-refractivity contribution in [3.8, 4) is 0 Å². The molecule has 0 saturated heterocycles. The summed E-state index contributed by atoms with van der Waals surface area (Å²) in [6.07, 6.45) is 2.87. The van der Waals surface area contributed by atoms with E-state index in [2.05, 4.69) is 35.7 Å². The molecule has 1 aliphatic rings. The minimum absolute atomic E-state index is 0.0745. The van der Waals surface area contributed by atoms with E-state index < -0.39 is 0 Å². The van der Waals surface area contributed by atoms with Crippen molar-refractivity contribution in [2.75, 3.05) is 32.5 Å². The van der Waals surface area contributed by atoms with Gasteiger partial charge in [-0.1, -0.05) is 18.2 Å². The van der Waals surface area contributed by atoms with E-state index in [0.717, 1.165) is 38.0 Å². The maximum absolute atomic E-state index is 12.1. The van der Waals surface area contributed by atoms with Crippen LogP contribution in [0.1, 0.15) is 18.4 Å².